The molecular formula is C54H70N14O11S2. The Kier molecular flexibility index (Phi) is 20.3. The predicted octanol–water partition coefficient (Wildman–Crippen LogP) is -1.28. The van der Waals surface area contributed by atoms with E-state index >= 15 is 9.59 Å². The molecular weight excluding hydrogens is 1080 g/mol. The standard InChI is InChI=1S/C54H70N14O11S2/c1-26(69)42(45(55)72)66-52(79)44-54(3,4)81-80-25-41(65-47(74)37-22-33-32-11-6-8-13-35(32)61-40(33)24-60-37)50(77)63-38(20-28-15-17-30(71)18-16-28)48(75)64-39(21-29-23-59-34-12-7-5-10-31(29)34)49(76)62-36(14-9-19-58-53(56)57)46(73)67-43(27(2)70)51(78)68-44/h5-8,10-13,15-18,23,26-27,36-39,41-44,59-61,69-71H,9,14,19-22,24-25H2,1-4H3,(H2,55,72)(H,62,76)(H,63,77)(H,64,75)(H,65,74)(H,66,79)(H,67,73)(H,68,78)(H4,56,57,58)/t26-,27-,36+,37-,38+,39-,41+,42+,43-,44-/m1/s1. The lowest BCUT2D eigenvalue weighted by molar-refractivity contribution is -0.137. The van der Waals surface area contributed by atoms with Crippen molar-refractivity contribution >= 4 is 96.6 Å². The number of aromatic amines is 2. The van der Waals surface area contributed by atoms with Gasteiger partial charge in [-0.05, 0) is 87.9 Å². The number of rotatable bonds is 15. The van der Waals surface area contributed by atoms with Crippen LogP contribution in [0.1, 0.15) is 62.9 Å². The molecule has 8 amide bonds. The Labute approximate surface area is 474 Å². The minimum atomic E-state index is -1.80. The first-order valence-corrected chi connectivity index (χ1v) is 28.6. The van der Waals surface area contributed by atoms with E-state index in [4.69, 9.17) is 17.2 Å². The number of phenols is 1. The molecule has 0 aliphatic carbocycles. The number of carbonyl (C=O) groups excluding carboxylic acids is 8. The Hall–Kier alpha value is -7.85. The summed E-state index contributed by atoms with van der Waals surface area (Å²) in [7, 11) is 1.99. The third-order valence-corrected chi connectivity index (χ3v) is 17.3. The molecule has 10 atom stereocenters. The van der Waals surface area contributed by atoms with Gasteiger partial charge in [-0.1, -0.05) is 70.1 Å². The summed E-state index contributed by atoms with van der Waals surface area (Å²) in [6.07, 6.45) is -1.62. The number of hydrogen-bond acceptors (Lipinski definition) is 15. The minimum Gasteiger partial charge on any atom is -0.508 e. The molecule has 4 heterocycles. The number of para-hydroxylation sites is 2. The average molecular weight is 1160 g/mol. The topological polar surface area (TPSA) is 415 Å². The third kappa shape index (κ3) is 15.7. The molecule has 27 heteroatoms. The van der Waals surface area contributed by atoms with Gasteiger partial charge in [0, 0.05) is 70.1 Å². The number of H-pyrrole nitrogens is 2. The summed E-state index contributed by atoms with van der Waals surface area (Å²) >= 11 is 0. The van der Waals surface area contributed by atoms with Crippen molar-refractivity contribution in [3.63, 3.8) is 0 Å². The molecule has 0 unspecified atom stereocenters. The average Bonchev–Trinajstić information content (AvgIpc) is 4.02. The molecule has 3 aromatic carbocycles. The van der Waals surface area contributed by atoms with Crippen LogP contribution in [0.5, 0.6) is 5.75 Å². The van der Waals surface area contributed by atoms with E-state index in [1.165, 1.54) is 26.0 Å². The van der Waals surface area contributed by atoms with Crippen LogP contribution in [0.25, 0.3) is 21.8 Å². The van der Waals surface area contributed by atoms with E-state index in [-0.39, 0.29) is 56.1 Å². The van der Waals surface area contributed by atoms with E-state index in [2.05, 4.69) is 57.5 Å². The van der Waals surface area contributed by atoms with E-state index in [0.29, 0.717) is 23.1 Å². The first-order valence-electron chi connectivity index (χ1n) is 26.3. The van der Waals surface area contributed by atoms with E-state index in [9.17, 15) is 44.1 Å². The summed E-state index contributed by atoms with van der Waals surface area (Å²) in [6.45, 7) is 5.82. The number of amides is 8. The van der Waals surface area contributed by atoms with Crippen molar-refractivity contribution < 1.29 is 53.7 Å². The van der Waals surface area contributed by atoms with Crippen LogP contribution in [-0.2, 0) is 64.2 Å². The number of carbonyl (C=O) groups is 8. The van der Waals surface area contributed by atoms with E-state index in [1.54, 1.807) is 38.2 Å². The summed E-state index contributed by atoms with van der Waals surface area (Å²) in [5.74, 6) is -7.82. The largest absolute Gasteiger partial charge is 0.508 e. The molecule has 2 aliphatic heterocycles. The fourth-order valence-corrected chi connectivity index (χ4v) is 12.4. The molecule has 25 nitrogen and oxygen atoms in total. The molecule has 19 N–H and O–H groups in total. The predicted molar refractivity (Wildman–Crippen MR) is 307 cm³/mol. The van der Waals surface area contributed by atoms with Crippen molar-refractivity contribution in [2.24, 2.45) is 22.2 Å². The summed E-state index contributed by atoms with van der Waals surface area (Å²) in [4.78, 5) is 126. The molecule has 81 heavy (non-hydrogen) atoms. The summed E-state index contributed by atoms with van der Waals surface area (Å²) in [5, 5.41) is 55.4. The van der Waals surface area contributed by atoms with E-state index < -0.39 is 113 Å². The number of aliphatic hydroxyl groups is 2. The number of aromatic hydroxyl groups is 1. The maximum atomic E-state index is 15.0. The lowest BCUT2D eigenvalue weighted by atomic mass is 9.98. The second-order valence-electron chi connectivity index (χ2n) is 20.7. The highest BCUT2D eigenvalue weighted by molar-refractivity contribution is 8.77. The number of aromatic nitrogens is 2. The maximum Gasteiger partial charge on any atom is 0.245 e. The van der Waals surface area contributed by atoms with Crippen LogP contribution in [-0.4, -0.2) is 156 Å². The molecule has 0 spiro atoms. The van der Waals surface area contributed by atoms with Gasteiger partial charge in [0.1, 0.15) is 48.0 Å². The number of hydrogen-bond donors (Lipinski definition) is 16. The zero-order chi connectivity index (χ0) is 58.7. The first kappa shape index (κ1) is 60.8. The van der Waals surface area contributed by atoms with Gasteiger partial charge in [-0.25, -0.2) is 0 Å². The van der Waals surface area contributed by atoms with Crippen LogP contribution in [0.4, 0.5) is 0 Å². The molecule has 2 aliphatic rings. The van der Waals surface area contributed by atoms with Crippen molar-refractivity contribution in [1.82, 2.24) is 52.5 Å². The highest BCUT2D eigenvalue weighted by Crippen LogP contribution is 2.39. The van der Waals surface area contributed by atoms with Crippen LogP contribution in [0, 0.1) is 0 Å². The minimum absolute atomic E-state index is 0.000388. The monoisotopic (exact) mass is 1150 g/mol. The van der Waals surface area contributed by atoms with Crippen LogP contribution in [0.3, 0.4) is 0 Å². The fraction of sp³-hybridized carbons (Fsp3) is 0.426. The fourth-order valence-electron chi connectivity index (χ4n) is 9.59. The Bertz CT molecular complexity index is 3140. The molecule has 1 saturated heterocycles. The Morgan fingerprint density at radius 2 is 1.40 bits per heavy atom. The smallest absolute Gasteiger partial charge is 0.245 e. The van der Waals surface area contributed by atoms with Gasteiger partial charge in [-0.2, -0.15) is 0 Å². The Balaban J connectivity index is 1.30. The number of nitrogens with one attached hydrogen (secondary N) is 10. The quantitative estimate of drug-likeness (QED) is 0.0251. The summed E-state index contributed by atoms with van der Waals surface area (Å²) in [6, 6.07) is 9.06. The number of phenolic OH excluding ortho intramolecular Hbond substituents is 1. The lowest BCUT2D eigenvalue weighted by Gasteiger charge is -2.36. The van der Waals surface area contributed by atoms with Crippen molar-refractivity contribution in [2.45, 2.75) is 132 Å². The zero-order valence-electron chi connectivity index (χ0n) is 45.0. The highest BCUT2D eigenvalue weighted by atomic mass is 33.1. The molecule has 0 radical (unpaired) electrons. The number of aliphatic imine (C=N–C) groups is 1. The van der Waals surface area contributed by atoms with Gasteiger partial charge >= 0.3 is 0 Å². The van der Waals surface area contributed by atoms with Crippen LogP contribution >= 0.6 is 21.6 Å². The van der Waals surface area contributed by atoms with Gasteiger partial charge in [0.05, 0.1) is 18.2 Å². The second kappa shape index (κ2) is 27.1. The van der Waals surface area contributed by atoms with Gasteiger partial charge in [0.15, 0.2) is 5.96 Å². The lowest BCUT2D eigenvalue weighted by Crippen LogP contribution is -2.65. The van der Waals surface area contributed by atoms with E-state index in [0.717, 1.165) is 49.3 Å². The van der Waals surface area contributed by atoms with Crippen LogP contribution in [0.2, 0.25) is 0 Å². The SMILES string of the molecule is C[C@@H](O)[C@H](NC(=O)[C@H]1NC(=O)[C@@H]([C@@H](C)O)NC(=O)[C@H](CCCN=C(N)N)NC(=O)[C@@H](Cc2c[nH]c3ccccc23)NC(=O)[C@H](Cc2ccc(O)cc2)NC(=O)[C@@H](NC(=O)[C@H]2Cc3c([nH]c4ccccc34)CN2)CSSC1(C)C)C(N)=O. The Morgan fingerprint density at radius 3 is 2.06 bits per heavy atom. The van der Waals surface area contributed by atoms with Crippen molar-refractivity contribution in [2.75, 3.05) is 12.3 Å². The van der Waals surface area contributed by atoms with Gasteiger partial charge < -0.3 is 79.7 Å². The number of fused-ring (bicyclic) bond motifs is 4. The molecule has 5 aromatic rings. The number of nitrogens with two attached hydrogens (primary N) is 3. The van der Waals surface area contributed by atoms with Crippen LogP contribution in [0.15, 0.2) is 84.0 Å². The second-order valence-corrected chi connectivity index (χ2v) is 23.7. The highest BCUT2D eigenvalue weighted by Gasteiger charge is 2.43. The molecule has 434 valence electrons. The molecule has 0 saturated carbocycles. The molecule has 0 bridgehead atoms. The summed E-state index contributed by atoms with van der Waals surface area (Å²) in [5.41, 5.74) is 21.2. The van der Waals surface area contributed by atoms with Crippen molar-refractivity contribution in [1.29, 1.82) is 0 Å². The maximum absolute atomic E-state index is 15.0. The van der Waals surface area contributed by atoms with Crippen molar-refractivity contribution in [3.05, 3.63) is 101 Å². The number of aliphatic hydroxyl groups excluding tert-OH is 2. The number of guanidine groups is 1. The zero-order valence-corrected chi connectivity index (χ0v) is 46.7. The Morgan fingerprint density at radius 1 is 0.765 bits per heavy atom. The van der Waals surface area contributed by atoms with Gasteiger partial charge in [0.2, 0.25) is 47.3 Å². The van der Waals surface area contributed by atoms with Gasteiger partial charge in [-0.15, -0.1) is 0 Å². The van der Waals surface area contributed by atoms with Gasteiger partial charge in [0.25, 0.3) is 0 Å². The van der Waals surface area contributed by atoms with Crippen molar-refractivity contribution in [3.8, 4) is 5.75 Å². The van der Waals surface area contributed by atoms with Crippen LogP contribution < -0.4 is 59.7 Å². The normalized spacial score (nSPS) is 23.4. The summed E-state index contributed by atoms with van der Waals surface area (Å²) < 4.78 is -1.44. The first-order chi connectivity index (χ1) is 38.5. The number of primary amides is 1. The number of benzene rings is 3. The van der Waals surface area contributed by atoms with E-state index in [1.807, 2.05) is 42.5 Å². The molecule has 2 aromatic heterocycles. The number of nitrogens with zero attached hydrogens (tertiary/aromatic N) is 1. The van der Waals surface area contributed by atoms with Gasteiger partial charge in [-0.3, -0.25) is 48.7 Å². The third-order valence-electron chi connectivity index (χ3n) is 14.0. The molecule has 7 rings (SSSR count). The molecule has 1 fully saturated rings.